The van der Waals surface area contributed by atoms with Gasteiger partial charge in [0.15, 0.2) is 22.1 Å². The molecule has 0 aliphatic rings. The minimum absolute atomic E-state index is 0.904. The Bertz CT molecular complexity index is 1720. The van der Waals surface area contributed by atoms with Gasteiger partial charge in [0.1, 0.15) is 13.1 Å². The van der Waals surface area contributed by atoms with Crippen molar-refractivity contribution in [3.05, 3.63) is 130 Å². The lowest BCUT2D eigenvalue weighted by atomic mass is 10.00. The van der Waals surface area contributed by atoms with E-state index < -0.39 is 0 Å². The van der Waals surface area contributed by atoms with Crippen LogP contribution in [0.4, 0.5) is 0 Å². The molecule has 2 aromatic heterocycles. The molecular weight excluding hydrogens is 512 g/mol. The molecular formula is C38H44N4+2. The molecule has 0 radical (unpaired) electrons. The van der Waals surface area contributed by atoms with Gasteiger partial charge < -0.3 is 0 Å². The molecule has 0 fully saturated rings. The van der Waals surface area contributed by atoms with E-state index in [1.54, 1.807) is 0 Å². The van der Waals surface area contributed by atoms with E-state index in [1.807, 2.05) is 0 Å². The zero-order valence-electron chi connectivity index (χ0n) is 26.1. The van der Waals surface area contributed by atoms with E-state index in [0.29, 0.717) is 0 Å². The molecule has 6 aromatic rings. The van der Waals surface area contributed by atoms with Gasteiger partial charge in [0.25, 0.3) is 0 Å². The van der Waals surface area contributed by atoms with Gasteiger partial charge in [0.05, 0.1) is 13.1 Å². The molecule has 4 aromatic carbocycles. The molecule has 0 aliphatic carbocycles. The summed E-state index contributed by atoms with van der Waals surface area (Å²) in [7, 11) is 0. The van der Waals surface area contributed by atoms with E-state index in [4.69, 9.17) is 0 Å². The van der Waals surface area contributed by atoms with E-state index >= 15 is 0 Å². The van der Waals surface area contributed by atoms with Crippen LogP contribution in [0.25, 0.3) is 22.1 Å². The van der Waals surface area contributed by atoms with Crippen LogP contribution in [-0.4, -0.2) is 9.13 Å². The first-order chi connectivity index (χ1) is 20.3. The number of benzene rings is 4. The quantitative estimate of drug-likeness (QED) is 0.129. The number of imidazole rings is 2. The molecule has 42 heavy (non-hydrogen) atoms. The summed E-state index contributed by atoms with van der Waals surface area (Å²) < 4.78 is 9.75. The monoisotopic (exact) mass is 556 g/mol. The van der Waals surface area contributed by atoms with Crippen LogP contribution in [0.15, 0.2) is 85.5 Å². The molecule has 0 amide bonds. The van der Waals surface area contributed by atoms with Crippen LogP contribution in [-0.2, 0) is 26.2 Å². The molecule has 0 spiro atoms. The third-order valence-corrected chi connectivity index (χ3v) is 8.94. The molecule has 214 valence electrons. The van der Waals surface area contributed by atoms with Crippen molar-refractivity contribution >= 4 is 22.1 Å². The van der Waals surface area contributed by atoms with Crippen LogP contribution in [0.3, 0.4) is 0 Å². The normalized spacial score (nSPS) is 11.7. The fourth-order valence-electron chi connectivity index (χ4n) is 6.92. The lowest BCUT2D eigenvalue weighted by Gasteiger charge is -2.09. The van der Waals surface area contributed by atoms with Crippen molar-refractivity contribution in [1.82, 2.24) is 9.13 Å². The SMILES string of the molecule is Cc1cc(C)c(C[n+]2cn(CCCCn3c[n+](Cc4c(C)cc(C)cc4C)c4ccccc43)c3ccccc32)c(C)c1. The second-order valence-electron chi connectivity index (χ2n) is 12.3. The zero-order chi connectivity index (χ0) is 29.4. The van der Waals surface area contributed by atoms with Crippen molar-refractivity contribution in [2.24, 2.45) is 0 Å². The minimum atomic E-state index is 0.904. The van der Waals surface area contributed by atoms with Crippen molar-refractivity contribution in [3.63, 3.8) is 0 Å². The second-order valence-corrected chi connectivity index (χ2v) is 12.3. The Hall–Kier alpha value is -4.18. The molecule has 0 N–H and O–H groups in total. The lowest BCUT2D eigenvalue weighted by molar-refractivity contribution is -0.663. The van der Waals surface area contributed by atoms with Crippen LogP contribution in [0.1, 0.15) is 57.3 Å². The molecule has 0 saturated carbocycles. The third kappa shape index (κ3) is 5.51. The first-order valence-corrected chi connectivity index (χ1v) is 15.4. The molecule has 0 saturated heterocycles. The Labute approximate surface area is 250 Å². The highest BCUT2D eigenvalue weighted by molar-refractivity contribution is 5.72. The van der Waals surface area contributed by atoms with Gasteiger partial charge in [-0.1, -0.05) is 59.7 Å². The summed E-state index contributed by atoms with van der Waals surface area (Å²) in [6.45, 7) is 17.2. The van der Waals surface area contributed by atoms with Crippen LogP contribution in [0.5, 0.6) is 0 Å². The number of para-hydroxylation sites is 4. The zero-order valence-corrected chi connectivity index (χ0v) is 26.1. The highest BCUT2D eigenvalue weighted by atomic mass is 15.1. The van der Waals surface area contributed by atoms with Crippen molar-refractivity contribution in [1.29, 1.82) is 0 Å². The highest BCUT2D eigenvalue weighted by Gasteiger charge is 2.19. The number of unbranched alkanes of at least 4 members (excludes halogenated alkanes) is 1. The van der Waals surface area contributed by atoms with Gasteiger partial charge in [0, 0.05) is 0 Å². The van der Waals surface area contributed by atoms with Crippen LogP contribution >= 0.6 is 0 Å². The smallest absolute Gasteiger partial charge is 0.230 e. The summed E-state index contributed by atoms with van der Waals surface area (Å²) in [5.74, 6) is 0. The Morgan fingerprint density at radius 1 is 0.500 bits per heavy atom. The predicted octanol–water partition coefficient (Wildman–Crippen LogP) is 7.60. The van der Waals surface area contributed by atoms with Crippen LogP contribution in [0, 0.1) is 41.5 Å². The van der Waals surface area contributed by atoms with Crippen LogP contribution < -0.4 is 9.13 Å². The Kier molecular flexibility index (Phi) is 7.72. The van der Waals surface area contributed by atoms with Gasteiger partial charge in [-0.25, -0.2) is 18.3 Å². The molecule has 0 aliphatic heterocycles. The summed E-state index contributed by atoms with van der Waals surface area (Å²) >= 11 is 0. The Morgan fingerprint density at radius 2 is 0.857 bits per heavy atom. The number of fused-ring (bicyclic) bond motifs is 2. The summed E-state index contributed by atoms with van der Waals surface area (Å²) in [5, 5.41) is 0. The topological polar surface area (TPSA) is 17.6 Å². The number of rotatable bonds is 9. The van der Waals surface area contributed by atoms with E-state index in [2.05, 4.69) is 145 Å². The van der Waals surface area contributed by atoms with E-state index in [0.717, 1.165) is 39.0 Å². The van der Waals surface area contributed by atoms with Gasteiger partial charge in [-0.15, -0.1) is 0 Å². The number of hydrogen-bond donors (Lipinski definition) is 0. The largest absolute Gasteiger partial charge is 0.245 e. The maximum atomic E-state index is 2.45. The maximum Gasteiger partial charge on any atom is 0.245 e. The average Bonchev–Trinajstić information content (AvgIpc) is 3.48. The minimum Gasteiger partial charge on any atom is -0.230 e. The molecule has 4 heteroatoms. The van der Waals surface area contributed by atoms with Crippen LogP contribution in [0.2, 0.25) is 0 Å². The number of hydrogen-bond acceptors (Lipinski definition) is 0. The molecule has 2 heterocycles. The molecule has 0 unspecified atom stereocenters. The maximum absolute atomic E-state index is 2.45. The van der Waals surface area contributed by atoms with E-state index in [1.165, 1.54) is 66.6 Å². The molecule has 6 rings (SSSR count). The summed E-state index contributed by atoms with van der Waals surface area (Å²) in [5.41, 5.74) is 16.3. The predicted molar refractivity (Wildman–Crippen MR) is 173 cm³/mol. The van der Waals surface area contributed by atoms with Gasteiger partial charge in [-0.05, 0) is 112 Å². The first-order valence-electron chi connectivity index (χ1n) is 15.4. The summed E-state index contributed by atoms with van der Waals surface area (Å²) in [6, 6.07) is 26.9. The number of nitrogens with zero attached hydrogens (tertiary/aromatic N) is 4. The number of aryl methyl sites for hydroxylation is 8. The van der Waals surface area contributed by atoms with Gasteiger partial charge >= 0.3 is 0 Å². The van der Waals surface area contributed by atoms with Gasteiger partial charge in [0.2, 0.25) is 12.7 Å². The van der Waals surface area contributed by atoms with E-state index in [-0.39, 0.29) is 0 Å². The van der Waals surface area contributed by atoms with Crippen molar-refractivity contribution in [2.75, 3.05) is 0 Å². The van der Waals surface area contributed by atoms with E-state index in [9.17, 15) is 0 Å². The average molecular weight is 557 g/mol. The van der Waals surface area contributed by atoms with Crippen molar-refractivity contribution < 1.29 is 9.13 Å². The second kappa shape index (κ2) is 11.6. The Morgan fingerprint density at radius 3 is 1.24 bits per heavy atom. The molecule has 0 bridgehead atoms. The summed E-state index contributed by atoms with van der Waals surface area (Å²) in [6.07, 6.45) is 6.91. The van der Waals surface area contributed by atoms with Crippen molar-refractivity contribution in [2.45, 2.75) is 80.6 Å². The van der Waals surface area contributed by atoms with Gasteiger partial charge in [-0.2, -0.15) is 0 Å². The molecule has 4 nitrogen and oxygen atoms in total. The lowest BCUT2D eigenvalue weighted by Crippen LogP contribution is -2.33. The first kappa shape index (κ1) is 28.0. The van der Waals surface area contributed by atoms with Gasteiger partial charge in [-0.3, -0.25) is 0 Å². The highest BCUT2D eigenvalue weighted by Crippen LogP contribution is 2.20. The standard InChI is InChI=1S/C38H44N4/c1-27-19-29(3)33(30(4)20-27)23-41-25-39(35-13-7-9-15-37(35)41)17-11-12-18-40-26-42(38-16-10-8-14-36(38)40)24-34-31(5)21-28(2)22-32(34)6/h7-10,13-16,19-22,25-26H,11-12,17-18,23-24H2,1-6H3/q+2. The van der Waals surface area contributed by atoms with Crippen molar-refractivity contribution in [3.8, 4) is 0 Å². The fourth-order valence-corrected chi connectivity index (χ4v) is 6.92. The third-order valence-electron chi connectivity index (χ3n) is 8.94. The Balaban J connectivity index is 1.18. The number of aromatic nitrogens is 4. The molecule has 0 atom stereocenters. The fraction of sp³-hybridized carbons (Fsp3) is 0.316. The summed E-state index contributed by atoms with van der Waals surface area (Å²) in [4.78, 5) is 0.